The second-order valence-corrected chi connectivity index (χ2v) is 5.73. The summed E-state index contributed by atoms with van der Waals surface area (Å²) in [4.78, 5) is 35.4. The van der Waals surface area contributed by atoms with Crippen molar-refractivity contribution >= 4 is 23.5 Å². The number of ether oxygens (including phenoxy) is 1. The predicted molar refractivity (Wildman–Crippen MR) is 94.2 cm³/mol. The maximum atomic E-state index is 12.8. The van der Waals surface area contributed by atoms with Gasteiger partial charge in [-0.3, -0.25) is 9.59 Å². The maximum Gasteiger partial charge on any atom is 0.338 e. The van der Waals surface area contributed by atoms with Crippen LogP contribution >= 0.6 is 0 Å². The Labute approximate surface area is 150 Å². The van der Waals surface area contributed by atoms with Gasteiger partial charge in [0.05, 0.1) is 12.1 Å². The summed E-state index contributed by atoms with van der Waals surface area (Å²) >= 11 is 0. The van der Waals surface area contributed by atoms with Gasteiger partial charge in [-0.15, -0.1) is 0 Å². The molecule has 0 spiro atoms. The molecule has 0 bridgehead atoms. The van der Waals surface area contributed by atoms with E-state index < -0.39 is 30.2 Å². The molecule has 2 rings (SSSR count). The van der Waals surface area contributed by atoms with Crippen molar-refractivity contribution < 1.29 is 23.5 Å². The normalized spacial score (nSPS) is 10.1. The predicted octanol–water partition coefficient (Wildman–Crippen LogP) is 2.35. The number of nitrogens with one attached hydrogen (secondary N) is 2. The van der Waals surface area contributed by atoms with Gasteiger partial charge in [0.25, 0.3) is 5.91 Å². The van der Waals surface area contributed by atoms with Crippen LogP contribution in [0.3, 0.4) is 0 Å². The van der Waals surface area contributed by atoms with E-state index in [0.29, 0.717) is 11.3 Å². The SMILES string of the molecule is Cc1ccc(C(=O)OCC(=O)NCC(=O)Nc2ccc(F)cc2)c(C)c1. The fourth-order valence-corrected chi connectivity index (χ4v) is 2.22. The highest BCUT2D eigenvalue weighted by atomic mass is 19.1. The van der Waals surface area contributed by atoms with Crippen molar-refractivity contribution in [3.05, 3.63) is 65.0 Å². The Hall–Kier alpha value is -3.22. The minimum atomic E-state index is -0.603. The smallest absolute Gasteiger partial charge is 0.338 e. The lowest BCUT2D eigenvalue weighted by Gasteiger charge is -2.09. The first kappa shape index (κ1) is 19.1. The molecular weight excluding hydrogens is 339 g/mol. The Morgan fingerprint density at radius 3 is 2.35 bits per heavy atom. The van der Waals surface area contributed by atoms with Gasteiger partial charge in [0.2, 0.25) is 5.91 Å². The first-order valence-electron chi connectivity index (χ1n) is 7.91. The molecule has 2 aromatic rings. The molecule has 0 saturated carbocycles. The molecule has 0 aliphatic carbocycles. The molecule has 0 atom stereocenters. The molecule has 0 aromatic heterocycles. The Morgan fingerprint density at radius 1 is 1.00 bits per heavy atom. The summed E-state index contributed by atoms with van der Waals surface area (Å²) in [6, 6.07) is 10.5. The lowest BCUT2D eigenvalue weighted by atomic mass is 10.1. The highest BCUT2D eigenvalue weighted by Crippen LogP contribution is 2.11. The average Bonchev–Trinajstić information content (AvgIpc) is 2.60. The van der Waals surface area contributed by atoms with Gasteiger partial charge in [0.1, 0.15) is 5.82 Å². The molecule has 0 fully saturated rings. The Kier molecular flexibility index (Phi) is 6.43. The highest BCUT2D eigenvalue weighted by molar-refractivity contribution is 5.95. The fourth-order valence-electron chi connectivity index (χ4n) is 2.22. The fraction of sp³-hybridized carbons (Fsp3) is 0.211. The van der Waals surface area contributed by atoms with Crippen LogP contribution in [0.15, 0.2) is 42.5 Å². The van der Waals surface area contributed by atoms with E-state index in [2.05, 4.69) is 10.6 Å². The first-order valence-corrected chi connectivity index (χ1v) is 7.91. The molecule has 26 heavy (non-hydrogen) atoms. The van der Waals surface area contributed by atoms with Crippen LogP contribution in [0.25, 0.3) is 0 Å². The number of anilines is 1. The third-order valence-corrected chi connectivity index (χ3v) is 3.51. The Bertz CT molecular complexity index is 819. The van der Waals surface area contributed by atoms with Crippen LogP contribution in [0, 0.1) is 19.7 Å². The number of esters is 1. The monoisotopic (exact) mass is 358 g/mol. The van der Waals surface area contributed by atoms with Gasteiger partial charge in [-0.2, -0.15) is 0 Å². The van der Waals surface area contributed by atoms with E-state index in [1.54, 1.807) is 19.1 Å². The van der Waals surface area contributed by atoms with Crippen molar-refractivity contribution in [2.45, 2.75) is 13.8 Å². The van der Waals surface area contributed by atoms with Crippen LogP contribution in [0.1, 0.15) is 21.5 Å². The van der Waals surface area contributed by atoms with Crippen LogP contribution in [-0.4, -0.2) is 30.9 Å². The molecule has 2 N–H and O–H groups in total. The number of benzene rings is 2. The lowest BCUT2D eigenvalue weighted by Crippen LogP contribution is -2.35. The number of aryl methyl sites for hydroxylation is 2. The van der Waals surface area contributed by atoms with E-state index in [0.717, 1.165) is 11.1 Å². The minimum absolute atomic E-state index is 0.294. The zero-order valence-electron chi connectivity index (χ0n) is 14.5. The summed E-state index contributed by atoms with van der Waals surface area (Å²) < 4.78 is 17.7. The van der Waals surface area contributed by atoms with E-state index in [1.807, 2.05) is 13.0 Å². The van der Waals surface area contributed by atoms with Gasteiger partial charge in [0.15, 0.2) is 6.61 Å². The van der Waals surface area contributed by atoms with E-state index in [1.165, 1.54) is 24.3 Å². The molecule has 0 saturated heterocycles. The van der Waals surface area contributed by atoms with Gasteiger partial charge in [-0.05, 0) is 49.7 Å². The topological polar surface area (TPSA) is 84.5 Å². The lowest BCUT2D eigenvalue weighted by molar-refractivity contribution is -0.126. The van der Waals surface area contributed by atoms with Crippen molar-refractivity contribution in [1.82, 2.24) is 5.32 Å². The van der Waals surface area contributed by atoms with E-state index in [-0.39, 0.29) is 6.54 Å². The van der Waals surface area contributed by atoms with Crippen molar-refractivity contribution in [3.8, 4) is 0 Å². The van der Waals surface area contributed by atoms with Gasteiger partial charge >= 0.3 is 5.97 Å². The number of rotatable bonds is 6. The van der Waals surface area contributed by atoms with Crippen LogP contribution in [0.5, 0.6) is 0 Å². The molecule has 7 heteroatoms. The molecule has 0 radical (unpaired) electrons. The summed E-state index contributed by atoms with van der Waals surface area (Å²) in [6.07, 6.45) is 0. The largest absolute Gasteiger partial charge is 0.452 e. The molecule has 136 valence electrons. The number of carbonyl (C=O) groups is 3. The Morgan fingerprint density at radius 2 is 1.69 bits per heavy atom. The molecule has 0 aliphatic heterocycles. The summed E-state index contributed by atoms with van der Waals surface area (Å²) in [7, 11) is 0. The number of hydrogen-bond donors (Lipinski definition) is 2. The summed E-state index contributed by atoms with van der Waals surface area (Å²) in [5.74, 6) is -2.10. The second-order valence-electron chi connectivity index (χ2n) is 5.73. The summed E-state index contributed by atoms with van der Waals surface area (Å²) in [5, 5.41) is 4.84. The van der Waals surface area contributed by atoms with Crippen LogP contribution in [-0.2, 0) is 14.3 Å². The van der Waals surface area contributed by atoms with Gasteiger partial charge in [0, 0.05) is 5.69 Å². The third-order valence-electron chi connectivity index (χ3n) is 3.51. The highest BCUT2D eigenvalue weighted by Gasteiger charge is 2.13. The van der Waals surface area contributed by atoms with Crippen molar-refractivity contribution in [2.24, 2.45) is 0 Å². The van der Waals surface area contributed by atoms with Crippen molar-refractivity contribution in [3.63, 3.8) is 0 Å². The molecule has 2 amide bonds. The van der Waals surface area contributed by atoms with Crippen molar-refractivity contribution in [1.29, 1.82) is 0 Å². The number of amides is 2. The Balaban J connectivity index is 1.75. The van der Waals surface area contributed by atoms with Crippen LogP contribution in [0.2, 0.25) is 0 Å². The molecule has 0 heterocycles. The standard InChI is InChI=1S/C19H19FN2O4/c1-12-3-8-16(13(2)9-12)19(25)26-11-18(24)21-10-17(23)22-15-6-4-14(20)5-7-15/h3-9H,10-11H2,1-2H3,(H,21,24)(H,22,23). The average molecular weight is 358 g/mol. The zero-order valence-corrected chi connectivity index (χ0v) is 14.5. The van der Waals surface area contributed by atoms with E-state index in [9.17, 15) is 18.8 Å². The summed E-state index contributed by atoms with van der Waals surface area (Å²) in [6.45, 7) is 2.91. The van der Waals surface area contributed by atoms with Gasteiger partial charge in [-0.1, -0.05) is 17.7 Å². The van der Waals surface area contributed by atoms with Crippen LogP contribution < -0.4 is 10.6 Å². The van der Waals surface area contributed by atoms with Gasteiger partial charge in [-0.25, -0.2) is 9.18 Å². The summed E-state index contributed by atoms with van der Waals surface area (Å²) in [5.41, 5.74) is 2.57. The molecule has 0 aliphatic rings. The quantitative estimate of drug-likeness (QED) is 0.777. The molecule has 6 nitrogen and oxygen atoms in total. The third kappa shape index (κ3) is 5.70. The maximum absolute atomic E-state index is 12.8. The minimum Gasteiger partial charge on any atom is -0.452 e. The van der Waals surface area contributed by atoms with Crippen molar-refractivity contribution in [2.75, 3.05) is 18.5 Å². The second kappa shape index (κ2) is 8.75. The van der Waals surface area contributed by atoms with E-state index in [4.69, 9.17) is 4.74 Å². The number of carbonyl (C=O) groups excluding carboxylic acids is 3. The number of hydrogen-bond acceptors (Lipinski definition) is 4. The first-order chi connectivity index (χ1) is 12.3. The van der Waals surface area contributed by atoms with E-state index >= 15 is 0 Å². The zero-order chi connectivity index (χ0) is 19.1. The van der Waals surface area contributed by atoms with Gasteiger partial charge < -0.3 is 15.4 Å². The number of halogens is 1. The molecule has 0 unspecified atom stereocenters. The molecule has 2 aromatic carbocycles. The molecular formula is C19H19FN2O4. The van der Waals surface area contributed by atoms with Crippen LogP contribution in [0.4, 0.5) is 10.1 Å².